The first kappa shape index (κ1) is 25.2. The van der Waals surface area contributed by atoms with Gasteiger partial charge in [0.1, 0.15) is 5.76 Å². The first-order valence-corrected chi connectivity index (χ1v) is 12.1. The molecule has 10 heteroatoms. The van der Waals surface area contributed by atoms with Crippen LogP contribution in [0.15, 0.2) is 52.9 Å². The molecule has 1 fully saturated rings. The van der Waals surface area contributed by atoms with E-state index in [-0.39, 0.29) is 16.8 Å². The summed E-state index contributed by atoms with van der Waals surface area (Å²) in [7, 11) is 2.03. The highest BCUT2D eigenvalue weighted by Gasteiger charge is 2.21. The SMILES string of the molecule is Cc1ccc(-c2ccc(C(=O)NC(=S)Nc3cc(C(=O)N4CCN(C)CC4)ccc3Cl)o2)cc1Cl. The number of hydrogen-bond donors (Lipinski definition) is 2. The average molecular weight is 531 g/mol. The third-order valence-corrected chi connectivity index (χ3v) is 6.71. The van der Waals surface area contributed by atoms with Crippen LogP contribution in [0.3, 0.4) is 0 Å². The molecule has 35 heavy (non-hydrogen) atoms. The number of furan rings is 1. The third kappa shape index (κ3) is 6.02. The van der Waals surface area contributed by atoms with Gasteiger partial charge in [-0.25, -0.2) is 0 Å². The number of amides is 2. The zero-order valence-corrected chi connectivity index (χ0v) is 21.6. The van der Waals surface area contributed by atoms with Crippen molar-refractivity contribution in [2.75, 3.05) is 38.5 Å². The second-order valence-corrected chi connectivity index (χ2v) is 9.55. The molecular formula is C25H24Cl2N4O3S. The number of aryl methyl sites for hydroxylation is 1. The Morgan fingerprint density at radius 3 is 2.43 bits per heavy atom. The van der Waals surface area contributed by atoms with E-state index in [1.54, 1.807) is 36.4 Å². The van der Waals surface area contributed by atoms with E-state index in [0.717, 1.165) is 24.2 Å². The molecule has 2 heterocycles. The Kier molecular flexibility index (Phi) is 7.76. The monoisotopic (exact) mass is 530 g/mol. The second kappa shape index (κ2) is 10.8. The number of likely N-dealkylation sites (N-methyl/N-ethyl adjacent to an activating group) is 1. The number of halogens is 2. The van der Waals surface area contributed by atoms with Crippen molar-refractivity contribution in [3.8, 4) is 11.3 Å². The molecule has 0 saturated carbocycles. The molecule has 0 aliphatic carbocycles. The van der Waals surface area contributed by atoms with Gasteiger partial charge < -0.3 is 19.5 Å². The summed E-state index contributed by atoms with van der Waals surface area (Å²) < 4.78 is 5.69. The largest absolute Gasteiger partial charge is 0.451 e. The van der Waals surface area contributed by atoms with Crippen LogP contribution >= 0.6 is 35.4 Å². The van der Waals surface area contributed by atoms with Crippen LogP contribution in [0.2, 0.25) is 10.0 Å². The second-order valence-electron chi connectivity index (χ2n) is 8.33. The zero-order valence-electron chi connectivity index (χ0n) is 19.2. The summed E-state index contributed by atoms with van der Waals surface area (Å²) >= 11 is 17.8. The number of benzene rings is 2. The van der Waals surface area contributed by atoms with Crippen LogP contribution < -0.4 is 10.6 Å². The Labute approximate surface area is 219 Å². The smallest absolute Gasteiger partial charge is 0.293 e. The number of carbonyl (C=O) groups is 2. The summed E-state index contributed by atoms with van der Waals surface area (Å²) in [6.07, 6.45) is 0. The summed E-state index contributed by atoms with van der Waals surface area (Å²) in [5.74, 6) is -0.000116. The lowest BCUT2D eigenvalue weighted by Gasteiger charge is -2.32. The molecule has 0 unspecified atom stereocenters. The highest BCUT2D eigenvalue weighted by molar-refractivity contribution is 7.80. The molecule has 182 valence electrons. The molecular weight excluding hydrogens is 507 g/mol. The molecule has 0 atom stereocenters. The number of nitrogens with zero attached hydrogens (tertiary/aromatic N) is 2. The highest BCUT2D eigenvalue weighted by atomic mass is 35.5. The lowest BCUT2D eigenvalue weighted by molar-refractivity contribution is 0.0664. The van der Waals surface area contributed by atoms with Gasteiger partial charge in [-0.15, -0.1) is 0 Å². The van der Waals surface area contributed by atoms with E-state index >= 15 is 0 Å². The summed E-state index contributed by atoms with van der Waals surface area (Å²) in [4.78, 5) is 29.5. The van der Waals surface area contributed by atoms with Crippen molar-refractivity contribution >= 4 is 58.0 Å². The fraction of sp³-hybridized carbons (Fsp3) is 0.240. The topological polar surface area (TPSA) is 77.8 Å². The van der Waals surface area contributed by atoms with Gasteiger partial charge in [-0.2, -0.15) is 0 Å². The molecule has 2 amide bonds. The van der Waals surface area contributed by atoms with E-state index in [1.807, 2.05) is 31.0 Å². The Morgan fingerprint density at radius 2 is 1.71 bits per heavy atom. The Hall–Kier alpha value is -2.91. The van der Waals surface area contributed by atoms with E-state index in [4.69, 9.17) is 39.8 Å². The van der Waals surface area contributed by atoms with Crippen LogP contribution in [-0.2, 0) is 0 Å². The zero-order chi connectivity index (χ0) is 25.1. The van der Waals surface area contributed by atoms with Crippen molar-refractivity contribution in [3.63, 3.8) is 0 Å². The first-order valence-electron chi connectivity index (χ1n) is 11.0. The van der Waals surface area contributed by atoms with Crippen molar-refractivity contribution in [2.24, 2.45) is 0 Å². The number of carbonyl (C=O) groups excluding carboxylic acids is 2. The van der Waals surface area contributed by atoms with Crippen LogP contribution in [0.25, 0.3) is 11.3 Å². The van der Waals surface area contributed by atoms with E-state index in [9.17, 15) is 9.59 Å². The van der Waals surface area contributed by atoms with E-state index < -0.39 is 5.91 Å². The lowest BCUT2D eigenvalue weighted by atomic mass is 10.1. The standard InChI is InChI=1S/C25H24Cl2N4O3S/c1-15-3-4-16(13-19(15)27)21-7-8-22(34-21)23(32)29-25(35)28-20-14-17(5-6-18(20)26)24(33)31-11-9-30(2)10-12-31/h3-8,13-14H,9-12H2,1-2H3,(H2,28,29,32,35). The molecule has 4 rings (SSSR count). The maximum absolute atomic E-state index is 12.9. The van der Waals surface area contributed by atoms with Crippen LogP contribution in [0.1, 0.15) is 26.5 Å². The normalized spacial score (nSPS) is 14.0. The Morgan fingerprint density at radius 1 is 0.971 bits per heavy atom. The summed E-state index contributed by atoms with van der Waals surface area (Å²) in [6, 6.07) is 13.7. The van der Waals surface area contributed by atoms with Crippen LogP contribution in [0.4, 0.5) is 5.69 Å². The molecule has 1 aromatic heterocycles. The third-order valence-electron chi connectivity index (χ3n) is 5.77. The van der Waals surface area contributed by atoms with Gasteiger partial charge in [0.15, 0.2) is 10.9 Å². The Bertz CT molecular complexity index is 1290. The van der Waals surface area contributed by atoms with E-state index in [0.29, 0.717) is 40.1 Å². The van der Waals surface area contributed by atoms with E-state index in [1.165, 1.54) is 0 Å². The number of piperazine rings is 1. The fourth-order valence-corrected chi connectivity index (χ4v) is 4.17. The van der Waals surface area contributed by atoms with Crippen molar-refractivity contribution in [3.05, 3.63) is 75.5 Å². The van der Waals surface area contributed by atoms with E-state index in [2.05, 4.69) is 15.5 Å². The maximum Gasteiger partial charge on any atom is 0.293 e. The molecule has 2 N–H and O–H groups in total. The number of thiocarbonyl (C=S) groups is 1. The predicted octanol–water partition coefficient (Wildman–Crippen LogP) is 5.08. The summed E-state index contributed by atoms with van der Waals surface area (Å²) in [6.45, 7) is 4.88. The highest BCUT2D eigenvalue weighted by Crippen LogP contribution is 2.27. The molecule has 0 radical (unpaired) electrons. The van der Waals surface area contributed by atoms with Crippen molar-refractivity contribution in [2.45, 2.75) is 6.92 Å². The fourth-order valence-electron chi connectivity index (χ4n) is 3.63. The molecule has 1 saturated heterocycles. The van der Waals surface area contributed by atoms with Gasteiger partial charge in [0.05, 0.1) is 10.7 Å². The van der Waals surface area contributed by atoms with Crippen molar-refractivity contribution in [1.29, 1.82) is 0 Å². The lowest BCUT2D eigenvalue weighted by Crippen LogP contribution is -2.47. The van der Waals surface area contributed by atoms with Gasteiger partial charge in [0, 0.05) is 42.3 Å². The van der Waals surface area contributed by atoms with Gasteiger partial charge in [-0.1, -0.05) is 35.3 Å². The van der Waals surface area contributed by atoms with Gasteiger partial charge in [-0.05, 0) is 68.2 Å². The average Bonchev–Trinajstić information content (AvgIpc) is 3.33. The number of rotatable bonds is 4. The molecule has 7 nitrogen and oxygen atoms in total. The molecule has 1 aliphatic heterocycles. The number of nitrogens with one attached hydrogen (secondary N) is 2. The maximum atomic E-state index is 12.9. The molecule has 1 aliphatic rings. The minimum absolute atomic E-state index is 0.0254. The van der Waals surface area contributed by atoms with Crippen LogP contribution in [-0.4, -0.2) is 60.0 Å². The van der Waals surface area contributed by atoms with Gasteiger partial charge in [0.25, 0.3) is 11.8 Å². The van der Waals surface area contributed by atoms with Crippen LogP contribution in [0.5, 0.6) is 0 Å². The minimum atomic E-state index is -0.521. The molecule has 0 spiro atoms. The number of anilines is 1. The molecule has 0 bridgehead atoms. The van der Waals surface area contributed by atoms with Gasteiger partial charge in [0.2, 0.25) is 0 Å². The number of hydrogen-bond acceptors (Lipinski definition) is 5. The van der Waals surface area contributed by atoms with Crippen molar-refractivity contribution < 1.29 is 14.0 Å². The quantitative estimate of drug-likeness (QED) is 0.458. The predicted molar refractivity (Wildman–Crippen MR) is 142 cm³/mol. The Balaban J connectivity index is 1.40. The van der Waals surface area contributed by atoms with Crippen LogP contribution in [0, 0.1) is 6.92 Å². The summed E-state index contributed by atoms with van der Waals surface area (Å²) in [5, 5.41) is 6.48. The summed E-state index contributed by atoms with van der Waals surface area (Å²) in [5.41, 5.74) is 2.62. The van der Waals surface area contributed by atoms with Crippen molar-refractivity contribution in [1.82, 2.24) is 15.1 Å². The first-order chi connectivity index (χ1) is 16.7. The molecule has 2 aromatic carbocycles. The van der Waals surface area contributed by atoms with Gasteiger partial charge >= 0.3 is 0 Å². The molecule has 3 aromatic rings. The minimum Gasteiger partial charge on any atom is -0.451 e. The van der Waals surface area contributed by atoms with Gasteiger partial charge in [-0.3, -0.25) is 14.9 Å².